The quantitative estimate of drug-likeness (QED) is 0.792. The van der Waals surface area contributed by atoms with Gasteiger partial charge in [0, 0.05) is 18.3 Å². The number of nitrogens with one attached hydrogen (secondary N) is 1. The second-order valence-electron chi connectivity index (χ2n) is 3.50. The van der Waals surface area contributed by atoms with Crippen LogP contribution in [-0.2, 0) is 6.54 Å². The Morgan fingerprint density at radius 2 is 2.36 bits per heavy atom. The lowest BCUT2D eigenvalue weighted by Gasteiger charge is -1.96. The summed E-state index contributed by atoms with van der Waals surface area (Å²) in [5, 5.41) is 11.1. The maximum Gasteiger partial charge on any atom is 0.153 e. The van der Waals surface area contributed by atoms with Crippen molar-refractivity contribution in [2.45, 2.75) is 26.3 Å². The van der Waals surface area contributed by atoms with E-state index in [0.717, 1.165) is 11.6 Å². The molecule has 0 amide bonds. The monoisotopic (exact) mass is 191 g/mol. The highest BCUT2D eigenvalue weighted by Gasteiger charge is 2.06. The summed E-state index contributed by atoms with van der Waals surface area (Å²) < 4.78 is 1.81. The Kier molecular flexibility index (Phi) is 2.30. The molecule has 0 bridgehead atoms. The Morgan fingerprint density at radius 1 is 1.50 bits per heavy atom. The largest absolute Gasteiger partial charge is 0.265 e. The van der Waals surface area contributed by atoms with Crippen LogP contribution < -0.4 is 0 Å². The van der Waals surface area contributed by atoms with Gasteiger partial charge in [0.05, 0.1) is 0 Å². The molecule has 2 aromatic heterocycles. The summed E-state index contributed by atoms with van der Waals surface area (Å²) in [5.74, 6) is 2.06. The van der Waals surface area contributed by atoms with Gasteiger partial charge in [0.1, 0.15) is 12.4 Å². The van der Waals surface area contributed by atoms with Gasteiger partial charge in [-0.3, -0.25) is 9.78 Å². The first-order chi connectivity index (χ1) is 6.75. The topological polar surface area (TPSA) is 59.4 Å². The summed E-state index contributed by atoms with van der Waals surface area (Å²) in [7, 11) is 0. The van der Waals surface area contributed by atoms with Crippen molar-refractivity contribution in [3.8, 4) is 0 Å². The van der Waals surface area contributed by atoms with Gasteiger partial charge in [0.25, 0.3) is 0 Å². The van der Waals surface area contributed by atoms with Crippen LogP contribution in [0.1, 0.15) is 31.4 Å². The van der Waals surface area contributed by atoms with Gasteiger partial charge in [-0.25, -0.2) is 4.98 Å². The van der Waals surface area contributed by atoms with Crippen molar-refractivity contribution < 1.29 is 0 Å². The van der Waals surface area contributed by atoms with E-state index < -0.39 is 0 Å². The molecule has 5 nitrogen and oxygen atoms in total. The summed E-state index contributed by atoms with van der Waals surface area (Å²) in [6, 6.07) is 1.89. The molecule has 2 rings (SSSR count). The molecule has 0 radical (unpaired) electrons. The third-order valence-electron chi connectivity index (χ3n) is 1.94. The van der Waals surface area contributed by atoms with Gasteiger partial charge >= 0.3 is 0 Å². The maximum atomic E-state index is 4.36. The van der Waals surface area contributed by atoms with E-state index in [0.29, 0.717) is 12.5 Å². The van der Waals surface area contributed by atoms with Crippen molar-refractivity contribution in [1.82, 2.24) is 25.0 Å². The van der Waals surface area contributed by atoms with Gasteiger partial charge in [-0.05, 0) is 6.07 Å². The van der Waals surface area contributed by atoms with Gasteiger partial charge in [-0.15, -0.1) is 0 Å². The molecule has 0 atom stereocenters. The van der Waals surface area contributed by atoms with E-state index in [9.17, 15) is 0 Å². The normalized spacial score (nSPS) is 11.1. The molecule has 0 aliphatic carbocycles. The van der Waals surface area contributed by atoms with Crippen LogP contribution in [-0.4, -0.2) is 25.0 Å². The number of hydrogen-bond acceptors (Lipinski definition) is 3. The molecule has 2 heterocycles. The van der Waals surface area contributed by atoms with E-state index in [2.05, 4.69) is 34.1 Å². The number of H-pyrrole nitrogens is 1. The van der Waals surface area contributed by atoms with Crippen LogP contribution >= 0.6 is 0 Å². The predicted octanol–water partition coefficient (Wildman–Crippen LogP) is 1.17. The van der Waals surface area contributed by atoms with Crippen molar-refractivity contribution >= 4 is 0 Å². The summed E-state index contributed by atoms with van der Waals surface area (Å²) in [6.45, 7) is 4.79. The molecule has 0 aromatic carbocycles. The molecule has 0 saturated heterocycles. The minimum absolute atomic E-state index is 0.359. The van der Waals surface area contributed by atoms with E-state index in [1.807, 2.05) is 16.9 Å². The van der Waals surface area contributed by atoms with Crippen LogP contribution in [0.15, 0.2) is 18.5 Å². The van der Waals surface area contributed by atoms with Gasteiger partial charge in [-0.2, -0.15) is 10.2 Å². The molecular weight excluding hydrogens is 178 g/mol. The zero-order valence-electron chi connectivity index (χ0n) is 8.31. The summed E-state index contributed by atoms with van der Waals surface area (Å²) in [5.41, 5.74) is 0. The highest BCUT2D eigenvalue weighted by atomic mass is 15.3. The SMILES string of the molecule is CC(C)c1n[nH]c(Cn2cccn2)n1. The number of rotatable bonds is 3. The molecule has 74 valence electrons. The Labute approximate surface area is 82.2 Å². The fraction of sp³-hybridized carbons (Fsp3) is 0.444. The van der Waals surface area contributed by atoms with E-state index in [4.69, 9.17) is 0 Å². The molecule has 14 heavy (non-hydrogen) atoms. The molecule has 0 fully saturated rings. The first-order valence-electron chi connectivity index (χ1n) is 4.64. The zero-order chi connectivity index (χ0) is 9.97. The molecule has 0 saturated carbocycles. The average molecular weight is 191 g/mol. The minimum Gasteiger partial charge on any atom is -0.265 e. The molecular formula is C9H13N5. The van der Waals surface area contributed by atoms with Crippen LogP contribution in [0.5, 0.6) is 0 Å². The van der Waals surface area contributed by atoms with Crippen LogP contribution in [0.3, 0.4) is 0 Å². The van der Waals surface area contributed by atoms with E-state index >= 15 is 0 Å². The van der Waals surface area contributed by atoms with Crippen molar-refractivity contribution in [2.24, 2.45) is 0 Å². The highest BCUT2D eigenvalue weighted by Crippen LogP contribution is 2.07. The third kappa shape index (κ3) is 1.81. The minimum atomic E-state index is 0.359. The summed E-state index contributed by atoms with van der Waals surface area (Å²) in [4.78, 5) is 4.36. The Morgan fingerprint density at radius 3 is 2.93 bits per heavy atom. The van der Waals surface area contributed by atoms with Gasteiger partial charge < -0.3 is 0 Å². The smallest absolute Gasteiger partial charge is 0.153 e. The van der Waals surface area contributed by atoms with Crippen LogP contribution in [0.2, 0.25) is 0 Å². The molecule has 0 unspecified atom stereocenters. The highest BCUT2D eigenvalue weighted by molar-refractivity contribution is 4.95. The van der Waals surface area contributed by atoms with Crippen molar-refractivity contribution in [3.05, 3.63) is 30.1 Å². The Balaban J connectivity index is 2.11. The van der Waals surface area contributed by atoms with Gasteiger partial charge in [0.15, 0.2) is 5.82 Å². The molecule has 0 aliphatic rings. The van der Waals surface area contributed by atoms with Crippen molar-refractivity contribution in [3.63, 3.8) is 0 Å². The van der Waals surface area contributed by atoms with Crippen molar-refractivity contribution in [1.29, 1.82) is 0 Å². The summed E-state index contributed by atoms with van der Waals surface area (Å²) in [6.07, 6.45) is 3.65. The first kappa shape index (κ1) is 8.93. The summed E-state index contributed by atoms with van der Waals surface area (Å²) >= 11 is 0. The molecule has 0 spiro atoms. The van der Waals surface area contributed by atoms with Crippen LogP contribution in [0.4, 0.5) is 0 Å². The molecule has 1 N–H and O–H groups in total. The molecule has 0 aliphatic heterocycles. The van der Waals surface area contributed by atoms with Crippen LogP contribution in [0, 0.1) is 0 Å². The van der Waals surface area contributed by atoms with Crippen molar-refractivity contribution in [2.75, 3.05) is 0 Å². The predicted molar refractivity (Wildman–Crippen MR) is 51.8 cm³/mol. The number of nitrogens with zero attached hydrogens (tertiary/aromatic N) is 4. The fourth-order valence-corrected chi connectivity index (χ4v) is 1.19. The van der Waals surface area contributed by atoms with Crippen LogP contribution in [0.25, 0.3) is 0 Å². The van der Waals surface area contributed by atoms with E-state index in [-0.39, 0.29) is 0 Å². The Hall–Kier alpha value is -1.65. The fourth-order valence-electron chi connectivity index (χ4n) is 1.19. The molecule has 5 heteroatoms. The second kappa shape index (κ2) is 3.61. The van der Waals surface area contributed by atoms with Gasteiger partial charge in [0.2, 0.25) is 0 Å². The van der Waals surface area contributed by atoms with E-state index in [1.54, 1.807) is 6.20 Å². The Bertz CT molecular complexity index is 387. The number of aromatic amines is 1. The lowest BCUT2D eigenvalue weighted by atomic mass is 10.2. The lowest BCUT2D eigenvalue weighted by Crippen LogP contribution is -2.01. The number of aromatic nitrogens is 5. The maximum absolute atomic E-state index is 4.36. The zero-order valence-corrected chi connectivity index (χ0v) is 8.31. The first-order valence-corrected chi connectivity index (χ1v) is 4.64. The third-order valence-corrected chi connectivity index (χ3v) is 1.94. The second-order valence-corrected chi connectivity index (χ2v) is 3.50. The standard InChI is InChI=1S/C9H13N5/c1-7(2)9-11-8(12-13-9)6-14-5-3-4-10-14/h3-5,7H,6H2,1-2H3,(H,11,12,13). The lowest BCUT2D eigenvalue weighted by molar-refractivity contribution is 0.656. The molecule has 2 aromatic rings. The number of hydrogen-bond donors (Lipinski definition) is 1. The van der Waals surface area contributed by atoms with E-state index in [1.165, 1.54) is 0 Å². The van der Waals surface area contributed by atoms with Gasteiger partial charge in [-0.1, -0.05) is 13.8 Å². The average Bonchev–Trinajstić information content (AvgIpc) is 2.75.